The first-order valence-electron chi connectivity index (χ1n) is 5.59. The summed E-state index contributed by atoms with van der Waals surface area (Å²) in [7, 11) is 3.72. The van der Waals surface area contributed by atoms with E-state index in [0.717, 1.165) is 15.7 Å². The molecule has 18 heavy (non-hydrogen) atoms. The molecule has 0 unspecified atom stereocenters. The summed E-state index contributed by atoms with van der Waals surface area (Å²) in [5.74, 6) is 0.306. The second-order valence-corrected chi connectivity index (χ2v) is 5.27. The molecule has 4 nitrogen and oxygen atoms in total. The molecule has 5 heteroatoms. The molecule has 0 saturated heterocycles. The molecule has 1 amide bonds. The van der Waals surface area contributed by atoms with Crippen LogP contribution < -0.4 is 0 Å². The van der Waals surface area contributed by atoms with Gasteiger partial charge in [0.05, 0.1) is 12.8 Å². The van der Waals surface area contributed by atoms with Gasteiger partial charge in [-0.3, -0.25) is 4.79 Å². The minimum Gasteiger partial charge on any atom is -0.459 e. The molecular formula is C13H15BrN2O2. The van der Waals surface area contributed by atoms with Gasteiger partial charge in [-0.1, -0.05) is 0 Å². The number of aryl methyl sites for hydroxylation is 2. The smallest absolute Gasteiger partial charge is 0.289 e. The molecule has 0 aliphatic heterocycles. The van der Waals surface area contributed by atoms with E-state index in [1.54, 1.807) is 18.0 Å². The van der Waals surface area contributed by atoms with Gasteiger partial charge in [0.2, 0.25) is 0 Å². The van der Waals surface area contributed by atoms with Crippen molar-refractivity contribution in [1.82, 2.24) is 9.47 Å². The minimum absolute atomic E-state index is 0.102. The first kappa shape index (κ1) is 13.0. The predicted molar refractivity (Wildman–Crippen MR) is 72.4 cm³/mol. The van der Waals surface area contributed by atoms with Crippen LogP contribution in [0, 0.1) is 6.92 Å². The van der Waals surface area contributed by atoms with Gasteiger partial charge in [-0.05, 0) is 35.0 Å². The van der Waals surface area contributed by atoms with Crippen LogP contribution in [0.15, 0.2) is 33.5 Å². The number of halogens is 1. The van der Waals surface area contributed by atoms with Gasteiger partial charge in [0.25, 0.3) is 5.91 Å². The standard InChI is InChI=1S/C13H15BrN2O2/c1-9-4-5-18-12(9)13(17)16(3)8-11-6-10(14)7-15(11)2/h4-7H,8H2,1-3H3. The lowest BCUT2D eigenvalue weighted by atomic mass is 10.2. The van der Waals surface area contributed by atoms with Gasteiger partial charge in [0, 0.05) is 36.0 Å². The lowest BCUT2D eigenvalue weighted by Gasteiger charge is -2.16. The summed E-state index contributed by atoms with van der Waals surface area (Å²) in [5, 5.41) is 0. The number of aromatic nitrogens is 1. The summed E-state index contributed by atoms with van der Waals surface area (Å²) in [4.78, 5) is 13.8. The van der Waals surface area contributed by atoms with E-state index >= 15 is 0 Å². The van der Waals surface area contributed by atoms with Crippen molar-refractivity contribution in [2.45, 2.75) is 13.5 Å². The summed E-state index contributed by atoms with van der Waals surface area (Å²) in [5.41, 5.74) is 1.92. The molecule has 0 atom stereocenters. The normalized spacial score (nSPS) is 10.7. The van der Waals surface area contributed by atoms with Crippen molar-refractivity contribution < 1.29 is 9.21 Å². The van der Waals surface area contributed by atoms with E-state index in [9.17, 15) is 4.79 Å². The average molecular weight is 311 g/mol. The fraction of sp³-hybridized carbons (Fsp3) is 0.308. The number of hydrogen-bond acceptors (Lipinski definition) is 2. The fourth-order valence-electron chi connectivity index (χ4n) is 1.80. The Morgan fingerprint density at radius 1 is 1.56 bits per heavy atom. The Morgan fingerprint density at radius 2 is 2.28 bits per heavy atom. The fourth-order valence-corrected chi connectivity index (χ4v) is 2.37. The first-order valence-corrected chi connectivity index (χ1v) is 6.38. The molecule has 0 saturated carbocycles. The summed E-state index contributed by atoms with van der Waals surface area (Å²) in [6, 6.07) is 3.79. The van der Waals surface area contributed by atoms with Crippen LogP contribution >= 0.6 is 15.9 Å². The van der Waals surface area contributed by atoms with Crippen LogP contribution in [0.3, 0.4) is 0 Å². The number of rotatable bonds is 3. The zero-order valence-electron chi connectivity index (χ0n) is 10.6. The molecule has 0 aromatic carbocycles. The van der Waals surface area contributed by atoms with Crippen LogP contribution in [-0.4, -0.2) is 22.4 Å². The van der Waals surface area contributed by atoms with Crippen molar-refractivity contribution in [3.63, 3.8) is 0 Å². The van der Waals surface area contributed by atoms with E-state index < -0.39 is 0 Å². The predicted octanol–water partition coefficient (Wildman–Crippen LogP) is 2.96. The third-order valence-electron chi connectivity index (χ3n) is 2.88. The van der Waals surface area contributed by atoms with E-state index in [-0.39, 0.29) is 5.91 Å². The lowest BCUT2D eigenvalue weighted by molar-refractivity contribution is 0.0749. The highest BCUT2D eigenvalue weighted by Crippen LogP contribution is 2.17. The second kappa shape index (κ2) is 5.02. The monoisotopic (exact) mass is 310 g/mol. The zero-order valence-corrected chi connectivity index (χ0v) is 12.2. The van der Waals surface area contributed by atoms with Crippen LogP contribution in [0.1, 0.15) is 21.8 Å². The van der Waals surface area contributed by atoms with E-state index in [4.69, 9.17) is 4.42 Å². The summed E-state index contributed by atoms with van der Waals surface area (Å²) >= 11 is 3.42. The van der Waals surface area contributed by atoms with Crippen LogP contribution in [-0.2, 0) is 13.6 Å². The minimum atomic E-state index is -0.102. The highest BCUT2D eigenvalue weighted by molar-refractivity contribution is 9.10. The largest absolute Gasteiger partial charge is 0.459 e. The van der Waals surface area contributed by atoms with Gasteiger partial charge >= 0.3 is 0 Å². The molecule has 2 aromatic heterocycles. The molecular weight excluding hydrogens is 296 g/mol. The third-order valence-corrected chi connectivity index (χ3v) is 3.31. The lowest BCUT2D eigenvalue weighted by Crippen LogP contribution is -2.27. The van der Waals surface area contributed by atoms with Gasteiger partial charge in [0.15, 0.2) is 5.76 Å². The molecule has 0 bridgehead atoms. The molecule has 2 aromatic rings. The average Bonchev–Trinajstić information content (AvgIpc) is 2.85. The maximum Gasteiger partial charge on any atom is 0.289 e. The quantitative estimate of drug-likeness (QED) is 0.874. The Labute approximate surface area is 114 Å². The summed E-state index contributed by atoms with van der Waals surface area (Å²) in [6.07, 6.45) is 3.50. The zero-order chi connectivity index (χ0) is 13.3. The van der Waals surface area contributed by atoms with E-state index in [1.165, 1.54) is 6.26 Å². The van der Waals surface area contributed by atoms with Crippen LogP contribution in [0.25, 0.3) is 0 Å². The van der Waals surface area contributed by atoms with Crippen LogP contribution in [0.4, 0.5) is 0 Å². The molecule has 96 valence electrons. The number of nitrogens with zero attached hydrogens (tertiary/aromatic N) is 2. The third kappa shape index (κ3) is 2.51. The maximum atomic E-state index is 12.2. The summed E-state index contributed by atoms with van der Waals surface area (Å²) < 4.78 is 8.21. The molecule has 2 heterocycles. The number of carbonyl (C=O) groups excluding carboxylic acids is 1. The highest BCUT2D eigenvalue weighted by atomic mass is 79.9. The number of hydrogen-bond donors (Lipinski definition) is 0. The van der Waals surface area contributed by atoms with Crippen molar-refractivity contribution in [1.29, 1.82) is 0 Å². The van der Waals surface area contributed by atoms with E-state index in [2.05, 4.69) is 15.9 Å². The van der Waals surface area contributed by atoms with Gasteiger partial charge in [-0.25, -0.2) is 0 Å². The van der Waals surface area contributed by atoms with E-state index in [1.807, 2.05) is 30.8 Å². The summed E-state index contributed by atoms with van der Waals surface area (Å²) in [6.45, 7) is 2.41. The maximum absolute atomic E-state index is 12.2. The molecule has 0 aliphatic rings. The highest BCUT2D eigenvalue weighted by Gasteiger charge is 2.18. The topological polar surface area (TPSA) is 38.4 Å². The second-order valence-electron chi connectivity index (χ2n) is 4.35. The van der Waals surface area contributed by atoms with Gasteiger partial charge < -0.3 is 13.9 Å². The van der Waals surface area contributed by atoms with Crippen molar-refractivity contribution in [2.24, 2.45) is 7.05 Å². The van der Waals surface area contributed by atoms with Gasteiger partial charge in [-0.15, -0.1) is 0 Å². The number of furan rings is 1. The van der Waals surface area contributed by atoms with Crippen molar-refractivity contribution in [2.75, 3.05) is 7.05 Å². The van der Waals surface area contributed by atoms with Gasteiger partial charge in [-0.2, -0.15) is 0 Å². The van der Waals surface area contributed by atoms with E-state index in [0.29, 0.717) is 12.3 Å². The Morgan fingerprint density at radius 3 is 2.78 bits per heavy atom. The van der Waals surface area contributed by atoms with Crippen LogP contribution in [0.2, 0.25) is 0 Å². The molecule has 0 radical (unpaired) electrons. The Bertz CT molecular complexity index is 571. The van der Waals surface area contributed by atoms with Gasteiger partial charge in [0.1, 0.15) is 0 Å². The molecule has 2 rings (SSSR count). The van der Waals surface area contributed by atoms with Crippen LogP contribution in [0.5, 0.6) is 0 Å². The van der Waals surface area contributed by atoms with Crippen molar-refractivity contribution in [3.8, 4) is 0 Å². The molecule has 0 fully saturated rings. The SMILES string of the molecule is Cc1ccoc1C(=O)N(C)Cc1cc(Br)cn1C. The molecule has 0 N–H and O–H groups in total. The van der Waals surface area contributed by atoms with Crippen molar-refractivity contribution in [3.05, 3.63) is 46.1 Å². The molecule has 0 aliphatic carbocycles. The number of carbonyl (C=O) groups is 1. The van der Waals surface area contributed by atoms with Crippen molar-refractivity contribution >= 4 is 21.8 Å². The Hall–Kier alpha value is -1.49. The Balaban J connectivity index is 2.13. The Kier molecular flexibility index (Phi) is 3.61. The molecule has 0 spiro atoms. The first-order chi connectivity index (χ1) is 8.49. The number of amides is 1.